The van der Waals surface area contributed by atoms with Crippen LogP contribution in [0.1, 0.15) is 0 Å². The zero-order chi connectivity index (χ0) is 16.9. The highest BCUT2D eigenvalue weighted by Crippen LogP contribution is 2.31. The van der Waals surface area contributed by atoms with Crippen molar-refractivity contribution < 1.29 is 9.13 Å². The number of nitrogens with zero attached hydrogens (tertiary/aromatic N) is 2. The third-order valence-corrected chi connectivity index (χ3v) is 3.35. The smallest absolute Gasteiger partial charge is 0.159 e. The molecule has 0 atom stereocenters. The number of nitrogens with two attached hydrogens (primary N) is 1. The van der Waals surface area contributed by atoms with Crippen LogP contribution in [0.25, 0.3) is 0 Å². The highest BCUT2D eigenvalue weighted by molar-refractivity contribution is 5.81. The van der Waals surface area contributed by atoms with Gasteiger partial charge in [0.05, 0.1) is 12.8 Å². The van der Waals surface area contributed by atoms with E-state index in [0.29, 0.717) is 28.8 Å². The molecule has 0 aliphatic carbocycles. The molecular formula is C17H16FN5O. The summed E-state index contributed by atoms with van der Waals surface area (Å²) in [4.78, 5) is 8.29. The van der Waals surface area contributed by atoms with Crippen LogP contribution in [0.5, 0.6) is 5.75 Å². The van der Waals surface area contributed by atoms with Gasteiger partial charge in [0.1, 0.15) is 23.6 Å². The molecule has 0 aliphatic rings. The Kier molecular flexibility index (Phi) is 4.42. The van der Waals surface area contributed by atoms with Crippen molar-refractivity contribution in [3.63, 3.8) is 0 Å². The van der Waals surface area contributed by atoms with Crippen LogP contribution in [0, 0.1) is 5.82 Å². The summed E-state index contributed by atoms with van der Waals surface area (Å²) in [7, 11) is 1.59. The molecule has 6 nitrogen and oxygen atoms in total. The molecule has 7 heteroatoms. The fourth-order valence-corrected chi connectivity index (χ4v) is 2.14. The number of aromatic nitrogens is 2. The van der Waals surface area contributed by atoms with E-state index in [1.807, 2.05) is 24.3 Å². The molecule has 1 heterocycles. The van der Waals surface area contributed by atoms with Gasteiger partial charge in [0, 0.05) is 5.69 Å². The van der Waals surface area contributed by atoms with Gasteiger partial charge in [-0.25, -0.2) is 14.4 Å². The Hall–Kier alpha value is -3.35. The van der Waals surface area contributed by atoms with Crippen LogP contribution in [0.4, 0.5) is 33.1 Å². The summed E-state index contributed by atoms with van der Waals surface area (Å²) in [5, 5.41) is 6.17. The summed E-state index contributed by atoms with van der Waals surface area (Å²) in [5.41, 5.74) is 7.88. The molecule has 122 valence electrons. The standard InChI is InChI=1S/C17H16FN5O/c1-24-14-5-3-2-4-13(14)23-17-15(19)16(20-10-21-17)22-12-8-6-11(18)7-9-12/h2-10H,19H2,1H3,(H2,20,21,22,23). The van der Waals surface area contributed by atoms with Crippen molar-refractivity contribution in [3.05, 3.63) is 60.7 Å². The number of halogens is 1. The van der Waals surface area contributed by atoms with Crippen molar-refractivity contribution in [2.75, 3.05) is 23.5 Å². The Morgan fingerprint density at radius 3 is 2.33 bits per heavy atom. The third kappa shape index (κ3) is 3.35. The molecule has 0 saturated carbocycles. The van der Waals surface area contributed by atoms with E-state index in [-0.39, 0.29) is 5.82 Å². The minimum Gasteiger partial charge on any atom is -0.495 e. The fraction of sp³-hybridized carbons (Fsp3) is 0.0588. The van der Waals surface area contributed by atoms with Crippen LogP contribution in [0.2, 0.25) is 0 Å². The van der Waals surface area contributed by atoms with Crippen LogP contribution in [0.15, 0.2) is 54.9 Å². The van der Waals surface area contributed by atoms with Crippen molar-refractivity contribution in [2.45, 2.75) is 0 Å². The maximum Gasteiger partial charge on any atom is 0.159 e. The first-order chi connectivity index (χ1) is 11.7. The van der Waals surface area contributed by atoms with Gasteiger partial charge < -0.3 is 21.1 Å². The lowest BCUT2D eigenvalue weighted by molar-refractivity contribution is 0.417. The van der Waals surface area contributed by atoms with Crippen LogP contribution in [-0.2, 0) is 0 Å². The number of ether oxygens (including phenoxy) is 1. The fourth-order valence-electron chi connectivity index (χ4n) is 2.14. The van der Waals surface area contributed by atoms with Crippen LogP contribution >= 0.6 is 0 Å². The predicted octanol–water partition coefficient (Wildman–Crippen LogP) is 3.69. The minimum atomic E-state index is -0.310. The molecule has 24 heavy (non-hydrogen) atoms. The summed E-state index contributed by atoms with van der Waals surface area (Å²) >= 11 is 0. The third-order valence-electron chi connectivity index (χ3n) is 3.35. The van der Waals surface area contributed by atoms with Crippen LogP contribution in [-0.4, -0.2) is 17.1 Å². The van der Waals surface area contributed by atoms with Crippen LogP contribution in [0.3, 0.4) is 0 Å². The zero-order valence-corrected chi connectivity index (χ0v) is 13.0. The van der Waals surface area contributed by atoms with Gasteiger partial charge in [-0.2, -0.15) is 0 Å². The maximum atomic E-state index is 13.0. The van der Waals surface area contributed by atoms with Gasteiger partial charge in [-0.1, -0.05) is 12.1 Å². The second-order valence-corrected chi connectivity index (χ2v) is 4.94. The van der Waals surface area contributed by atoms with Crippen molar-refractivity contribution in [2.24, 2.45) is 0 Å². The van der Waals surface area contributed by atoms with E-state index in [0.717, 1.165) is 5.69 Å². The van der Waals surface area contributed by atoms with Gasteiger partial charge in [-0.05, 0) is 36.4 Å². The molecule has 0 aliphatic heterocycles. The molecule has 0 spiro atoms. The van der Waals surface area contributed by atoms with E-state index in [1.165, 1.54) is 18.5 Å². The monoisotopic (exact) mass is 325 g/mol. The van der Waals surface area contributed by atoms with E-state index >= 15 is 0 Å². The Morgan fingerprint density at radius 2 is 1.62 bits per heavy atom. The molecule has 3 rings (SSSR count). The first-order valence-corrected chi connectivity index (χ1v) is 7.20. The SMILES string of the molecule is COc1ccccc1Nc1ncnc(Nc2ccc(F)cc2)c1N. The molecule has 1 aromatic heterocycles. The van der Waals surface area contributed by atoms with E-state index < -0.39 is 0 Å². The molecule has 0 unspecified atom stereocenters. The second-order valence-electron chi connectivity index (χ2n) is 4.94. The maximum absolute atomic E-state index is 13.0. The van der Waals surface area contributed by atoms with E-state index in [4.69, 9.17) is 10.5 Å². The normalized spacial score (nSPS) is 10.2. The lowest BCUT2D eigenvalue weighted by Crippen LogP contribution is -2.05. The van der Waals surface area contributed by atoms with Gasteiger partial charge in [-0.15, -0.1) is 0 Å². The van der Waals surface area contributed by atoms with Gasteiger partial charge >= 0.3 is 0 Å². The predicted molar refractivity (Wildman–Crippen MR) is 92.4 cm³/mol. The number of benzene rings is 2. The van der Waals surface area contributed by atoms with Crippen LogP contribution < -0.4 is 21.1 Å². The molecule has 0 fully saturated rings. The highest BCUT2D eigenvalue weighted by Gasteiger charge is 2.10. The number of hydrogen-bond acceptors (Lipinski definition) is 6. The quantitative estimate of drug-likeness (QED) is 0.663. The second kappa shape index (κ2) is 6.82. The molecule has 2 aromatic carbocycles. The lowest BCUT2D eigenvalue weighted by atomic mass is 10.3. The summed E-state index contributed by atoms with van der Waals surface area (Å²) in [6.45, 7) is 0. The average molecular weight is 325 g/mol. The van der Waals surface area contributed by atoms with E-state index in [2.05, 4.69) is 20.6 Å². The Morgan fingerprint density at radius 1 is 0.958 bits per heavy atom. The summed E-state index contributed by atoms with van der Waals surface area (Å²) < 4.78 is 18.3. The summed E-state index contributed by atoms with van der Waals surface area (Å²) in [6, 6.07) is 13.3. The number of hydrogen-bond donors (Lipinski definition) is 3. The largest absolute Gasteiger partial charge is 0.495 e. The van der Waals surface area contributed by atoms with E-state index in [9.17, 15) is 4.39 Å². The molecule has 3 aromatic rings. The molecule has 0 saturated heterocycles. The van der Waals surface area contributed by atoms with Crippen molar-refractivity contribution in [1.82, 2.24) is 9.97 Å². The minimum absolute atomic E-state index is 0.310. The van der Waals surface area contributed by atoms with Gasteiger partial charge in [-0.3, -0.25) is 0 Å². The highest BCUT2D eigenvalue weighted by atomic mass is 19.1. The first-order valence-electron chi connectivity index (χ1n) is 7.20. The van der Waals surface area contributed by atoms with Gasteiger partial charge in [0.15, 0.2) is 11.6 Å². The molecule has 0 amide bonds. The Labute approximate surface area is 138 Å². The molecular weight excluding hydrogens is 309 g/mol. The van der Waals surface area contributed by atoms with Crippen molar-refractivity contribution in [3.8, 4) is 5.75 Å². The molecule has 0 radical (unpaired) electrons. The number of anilines is 5. The van der Waals surface area contributed by atoms with Crippen molar-refractivity contribution in [1.29, 1.82) is 0 Å². The summed E-state index contributed by atoms with van der Waals surface area (Å²) in [6.07, 6.45) is 1.39. The number of methoxy groups -OCH3 is 1. The first kappa shape index (κ1) is 15.5. The molecule has 0 bridgehead atoms. The number of nitrogens with one attached hydrogen (secondary N) is 2. The zero-order valence-electron chi connectivity index (χ0n) is 13.0. The number of para-hydroxylation sites is 2. The van der Waals surface area contributed by atoms with E-state index in [1.54, 1.807) is 19.2 Å². The average Bonchev–Trinajstić information content (AvgIpc) is 2.61. The van der Waals surface area contributed by atoms with Gasteiger partial charge in [0.2, 0.25) is 0 Å². The topological polar surface area (TPSA) is 85.1 Å². The molecule has 4 N–H and O–H groups in total. The van der Waals surface area contributed by atoms with Gasteiger partial charge in [0.25, 0.3) is 0 Å². The lowest BCUT2D eigenvalue weighted by Gasteiger charge is -2.14. The number of nitrogen functional groups attached to an aromatic ring is 1. The van der Waals surface area contributed by atoms with Crippen molar-refractivity contribution >= 4 is 28.7 Å². The number of rotatable bonds is 5. The Bertz CT molecular complexity index is 839. The Balaban J connectivity index is 1.86. The summed E-state index contributed by atoms with van der Waals surface area (Å²) in [5.74, 6) is 1.23.